The zero-order valence-electron chi connectivity index (χ0n) is 14.3. The van der Waals surface area contributed by atoms with Crippen LogP contribution in [0.3, 0.4) is 0 Å². The van der Waals surface area contributed by atoms with E-state index in [-0.39, 0.29) is 23.5 Å². The van der Waals surface area contributed by atoms with Crippen molar-refractivity contribution in [3.8, 4) is 11.3 Å². The number of morpholine rings is 1. The number of aromatic nitrogens is 1. The third kappa shape index (κ3) is 3.86. The predicted molar refractivity (Wildman–Crippen MR) is 97.9 cm³/mol. The Morgan fingerprint density at radius 3 is 2.78 bits per heavy atom. The Hall–Kier alpha value is -2.70. The topological polar surface area (TPSA) is 55.6 Å². The van der Waals surface area contributed by atoms with Crippen LogP contribution in [0.15, 0.2) is 59.1 Å². The minimum atomic E-state index is -0.307. The van der Waals surface area contributed by atoms with Crippen molar-refractivity contribution in [1.82, 2.24) is 10.1 Å². The first-order chi connectivity index (χ1) is 13.1. The summed E-state index contributed by atoms with van der Waals surface area (Å²) >= 11 is 6.00. The summed E-state index contributed by atoms with van der Waals surface area (Å²) < 4.78 is 24.2. The standard InChI is InChI=1S/C20H16ClFN2O3/c21-15-3-1-2-14(10-15)18-11-17(23-27-18)20(25)24-8-9-26-19(12-24)13-4-6-16(22)7-5-13/h1-7,10-11,19H,8-9,12H2/t19-/m1/s1. The van der Waals surface area contributed by atoms with Gasteiger partial charge in [-0.2, -0.15) is 0 Å². The SMILES string of the molecule is O=C(c1cc(-c2cccc(Cl)c2)on1)N1CCO[C@@H](c2ccc(F)cc2)C1. The van der Waals surface area contributed by atoms with Gasteiger partial charge in [0, 0.05) is 23.2 Å². The van der Waals surface area contributed by atoms with Crippen molar-refractivity contribution in [3.63, 3.8) is 0 Å². The van der Waals surface area contributed by atoms with Crippen LogP contribution in [0.1, 0.15) is 22.2 Å². The molecule has 0 saturated carbocycles. The van der Waals surface area contributed by atoms with Crippen LogP contribution < -0.4 is 0 Å². The van der Waals surface area contributed by atoms with Gasteiger partial charge in [0.05, 0.1) is 13.2 Å². The zero-order chi connectivity index (χ0) is 18.8. The quantitative estimate of drug-likeness (QED) is 0.671. The Labute approximate surface area is 160 Å². The summed E-state index contributed by atoms with van der Waals surface area (Å²) in [5.41, 5.74) is 1.80. The molecule has 1 aromatic heterocycles. The molecule has 1 saturated heterocycles. The molecule has 1 amide bonds. The number of hydrogen-bond donors (Lipinski definition) is 0. The molecule has 0 radical (unpaired) electrons. The van der Waals surface area contributed by atoms with E-state index in [1.54, 1.807) is 41.3 Å². The predicted octanol–water partition coefficient (Wildman–Crippen LogP) is 4.35. The summed E-state index contributed by atoms with van der Waals surface area (Å²) in [7, 11) is 0. The Morgan fingerprint density at radius 1 is 1.19 bits per heavy atom. The first-order valence-electron chi connectivity index (χ1n) is 8.49. The maximum absolute atomic E-state index is 13.1. The largest absolute Gasteiger partial charge is 0.370 e. The van der Waals surface area contributed by atoms with E-state index in [1.807, 2.05) is 6.07 Å². The summed E-state index contributed by atoms with van der Waals surface area (Å²) in [5.74, 6) is -0.0646. The zero-order valence-corrected chi connectivity index (χ0v) is 15.0. The molecular weight excluding hydrogens is 371 g/mol. The molecule has 1 fully saturated rings. The van der Waals surface area contributed by atoms with Crippen LogP contribution in [-0.4, -0.2) is 35.7 Å². The van der Waals surface area contributed by atoms with E-state index in [0.29, 0.717) is 30.5 Å². The minimum absolute atomic E-state index is 0.227. The molecule has 1 aliphatic rings. The number of carbonyl (C=O) groups excluding carboxylic acids is 1. The highest BCUT2D eigenvalue weighted by atomic mass is 35.5. The van der Waals surface area contributed by atoms with Crippen molar-refractivity contribution in [3.05, 3.63) is 76.7 Å². The van der Waals surface area contributed by atoms with Gasteiger partial charge in [-0.05, 0) is 29.8 Å². The van der Waals surface area contributed by atoms with Crippen LogP contribution in [0.4, 0.5) is 4.39 Å². The second-order valence-electron chi connectivity index (χ2n) is 6.25. The molecule has 0 spiro atoms. The van der Waals surface area contributed by atoms with Crippen molar-refractivity contribution in [2.75, 3.05) is 19.7 Å². The molecule has 2 heterocycles. The number of nitrogens with zero attached hydrogens (tertiary/aromatic N) is 2. The lowest BCUT2D eigenvalue weighted by Gasteiger charge is -2.32. The van der Waals surface area contributed by atoms with Gasteiger partial charge in [-0.1, -0.05) is 41.0 Å². The second kappa shape index (κ2) is 7.50. The lowest BCUT2D eigenvalue weighted by Crippen LogP contribution is -2.42. The first-order valence-corrected chi connectivity index (χ1v) is 8.87. The number of rotatable bonds is 3. The molecule has 0 N–H and O–H groups in total. The van der Waals surface area contributed by atoms with E-state index in [4.69, 9.17) is 20.9 Å². The molecule has 0 unspecified atom stereocenters. The van der Waals surface area contributed by atoms with Crippen LogP contribution in [-0.2, 0) is 4.74 Å². The summed E-state index contributed by atoms with van der Waals surface area (Å²) in [6, 6.07) is 14.9. The van der Waals surface area contributed by atoms with Crippen LogP contribution in [0, 0.1) is 5.82 Å². The Kier molecular flexibility index (Phi) is 4.92. The third-order valence-corrected chi connectivity index (χ3v) is 4.67. The fourth-order valence-corrected chi connectivity index (χ4v) is 3.22. The highest BCUT2D eigenvalue weighted by molar-refractivity contribution is 6.30. The van der Waals surface area contributed by atoms with Gasteiger partial charge in [0.15, 0.2) is 11.5 Å². The number of halogens is 2. The second-order valence-corrected chi connectivity index (χ2v) is 6.69. The average molecular weight is 387 g/mol. The summed E-state index contributed by atoms with van der Waals surface area (Å²) in [6.07, 6.45) is -0.303. The summed E-state index contributed by atoms with van der Waals surface area (Å²) in [4.78, 5) is 14.5. The van der Waals surface area contributed by atoms with Crippen LogP contribution in [0.5, 0.6) is 0 Å². The fourth-order valence-electron chi connectivity index (χ4n) is 3.03. The maximum atomic E-state index is 13.1. The maximum Gasteiger partial charge on any atom is 0.276 e. The first kappa shape index (κ1) is 17.7. The van der Waals surface area contributed by atoms with E-state index in [1.165, 1.54) is 12.1 Å². The van der Waals surface area contributed by atoms with Gasteiger partial charge in [0.25, 0.3) is 5.91 Å². The number of hydrogen-bond acceptors (Lipinski definition) is 4. The lowest BCUT2D eigenvalue weighted by molar-refractivity contribution is -0.0231. The molecule has 0 aliphatic carbocycles. The van der Waals surface area contributed by atoms with Gasteiger partial charge in [-0.3, -0.25) is 4.79 Å². The molecular formula is C20H16ClFN2O3. The van der Waals surface area contributed by atoms with E-state index < -0.39 is 0 Å². The highest BCUT2D eigenvalue weighted by Gasteiger charge is 2.28. The van der Waals surface area contributed by atoms with Gasteiger partial charge in [-0.15, -0.1) is 0 Å². The van der Waals surface area contributed by atoms with Crippen molar-refractivity contribution >= 4 is 17.5 Å². The molecule has 2 aromatic carbocycles. The van der Waals surface area contributed by atoms with Crippen molar-refractivity contribution in [2.45, 2.75) is 6.10 Å². The van der Waals surface area contributed by atoms with Gasteiger partial charge >= 0.3 is 0 Å². The molecule has 7 heteroatoms. The fraction of sp³-hybridized carbons (Fsp3) is 0.200. The number of ether oxygens (including phenoxy) is 1. The molecule has 0 bridgehead atoms. The monoisotopic (exact) mass is 386 g/mol. The Balaban J connectivity index is 1.50. The van der Waals surface area contributed by atoms with Gasteiger partial charge < -0.3 is 14.2 Å². The van der Waals surface area contributed by atoms with Gasteiger partial charge in [0.1, 0.15) is 11.9 Å². The Bertz CT molecular complexity index is 958. The van der Waals surface area contributed by atoms with Crippen LogP contribution in [0.2, 0.25) is 5.02 Å². The van der Waals surface area contributed by atoms with Crippen molar-refractivity contribution in [1.29, 1.82) is 0 Å². The Morgan fingerprint density at radius 2 is 2.00 bits per heavy atom. The van der Waals surface area contributed by atoms with Crippen molar-refractivity contribution in [2.24, 2.45) is 0 Å². The number of amides is 1. The molecule has 27 heavy (non-hydrogen) atoms. The normalized spacial score (nSPS) is 17.1. The average Bonchev–Trinajstić information content (AvgIpc) is 3.18. The van der Waals surface area contributed by atoms with Crippen molar-refractivity contribution < 1.29 is 18.4 Å². The summed E-state index contributed by atoms with van der Waals surface area (Å²) in [5, 5.41) is 4.48. The third-order valence-electron chi connectivity index (χ3n) is 4.43. The van der Waals surface area contributed by atoms with E-state index in [9.17, 15) is 9.18 Å². The molecule has 5 nitrogen and oxygen atoms in total. The van der Waals surface area contributed by atoms with E-state index in [0.717, 1.165) is 11.1 Å². The smallest absolute Gasteiger partial charge is 0.276 e. The molecule has 1 aliphatic heterocycles. The number of benzene rings is 2. The summed E-state index contributed by atoms with van der Waals surface area (Å²) in [6.45, 7) is 1.21. The van der Waals surface area contributed by atoms with E-state index >= 15 is 0 Å². The lowest BCUT2D eigenvalue weighted by atomic mass is 10.1. The van der Waals surface area contributed by atoms with Gasteiger partial charge in [0.2, 0.25) is 0 Å². The molecule has 3 aromatic rings. The highest BCUT2D eigenvalue weighted by Crippen LogP contribution is 2.26. The molecule has 1 atom stereocenters. The van der Waals surface area contributed by atoms with Crippen LogP contribution >= 0.6 is 11.6 Å². The minimum Gasteiger partial charge on any atom is -0.370 e. The number of carbonyl (C=O) groups is 1. The molecule has 4 rings (SSSR count). The molecule has 138 valence electrons. The van der Waals surface area contributed by atoms with E-state index in [2.05, 4.69) is 5.16 Å². The van der Waals surface area contributed by atoms with Gasteiger partial charge in [-0.25, -0.2) is 4.39 Å². The van der Waals surface area contributed by atoms with Crippen LogP contribution in [0.25, 0.3) is 11.3 Å².